The van der Waals surface area contributed by atoms with Crippen molar-refractivity contribution in [2.24, 2.45) is 0 Å². The standard InChI is InChI=1S/C43H45F5N6O4/c1-5-27-29(44)12-10-24-8-6-9-28(33(24)27)36-35(45)37-34-30(49-36)13-15-31-32-14-11-25(54(32)40(55)58-41(2,3)4)20-52(31)38(34)51-39(50-37)57-22-42-17-7-19-53(42)26(16-18-42)21-56-23-43(46,47)48/h1,6,8-10,12,25-26,31-32H,7,11,13-23H2,2-4H3/t25-,26+,31-,32+,42+/m1/s1. The highest BCUT2D eigenvalue weighted by Gasteiger charge is 2.52. The lowest BCUT2D eigenvalue weighted by molar-refractivity contribution is -0.177. The number of carbonyl (C=O) groups is 1. The molecule has 2 aromatic carbocycles. The number of fused-ring (bicyclic) bond motifs is 7. The van der Waals surface area contributed by atoms with E-state index in [0.717, 1.165) is 25.7 Å². The second-order valence-electron chi connectivity index (χ2n) is 17.3. The van der Waals surface area contributed by atoms with E-state index in [1.165, 1.54) is 6.07 Å². The molecule has 10 nitrogen and oxygen atoms in total. The number of alkyl halides is 3. The summed E-state index contributed by atoms with van der Waals surface area (Å²) < 4.78 is 88.7. The van der Waals surface area contributed by atoms with Crippen LogP contribution in [-0.2, 0) is 15.9 Å². The Balaban J connectivity index is 1.13. The Kier molecular flexibility index (Phi) is 9.46. The number of carbonyl (C=O) groups excluding carboxylic acids is 1. The number of piperazine rings is 1. The molecule has 0 aliphatic carbocycles. The van der Waals surface area contributed by atoms with Crippen molar-refractivity contribution in [1.82, 2.24) is 24.8 Å². The van der Waals surface area contributed by atoms with E-state index in [2.05, 4.69) is 15.7 Å². The number of amides is 1. The minimum Gasteiger partial charge on any atom is -0.461 e. The van der Waals surface area contributed by atoms with E-state index in [1.807, 2.05) is 25.7 Å². The van der Waals surface area contributed by atoms with Crippen molar-refractivity contribution in [2.45, 2.75) is 114 Å². The van der Waals surface area contributed by atoms with Gasteiger partial charge in [0.1, 0.15) is 41.7 Å². The molecular weight excluding hydrogens is 760 g/mol. The van der Waals surface area contributed by atoms with Crippen LogP contribution in [0.5, 0.6) is 6.01 Å². The van der Waals surface area contributed by atoms with Crippen LogP contribution in [0.3, 0.4) is 0 Å². The van der Waals surface area contributed by atoms with Crippen LogP contribution in [0.4, 0.5) is 32.6 Å². The molecule has 7 heterocycles. The van der Waals surface area contributed by atoms with Gasteiger partial charge in [-0.25, -0.2) is 18.6 Å². The first kappa shape index (κ1) is 38.7. The molecule has 306 valence electrons. The molecule has 0 spiro atoms. The third kappa shape index (κ3) is 6.66. The van der Waals surface area contributed by atoms with Gasteiger partial charge in [-0.15, -0.1) is 6.42 Å². The summed E-state index contributed by atoms with van der Waals surface area (Å²) in [5.74, 6) is 1.58. The number of halogens is 5. The molecule has 4 aromatic rings. The maximum Gasteiger partial charge on any atom is 0.411 e. The number of aromatic nitrogens is 3. The predicted molar refractivity (Wildman–Crippen MR) is 207 cm³/mol. The average Bonchev–Trinajstić information content (AvgIpc) is 3.80. The summed E-state index contributed by atoms with van der Waals surface area (Å²) in [4.78, 5) is 34.6. The molecule has 5 aliphatic rings. The number of rotatable bonds is 7. The molecule has 15 heteroatoms. The molecule has 4 fully saturated rings. The Hall–Kier alpha value is -4.81. The molecule has 4 saturated heterocycles. The zero-order chi connectivity index (χ0) is 40.7. The fourth-order valence-electron chi connectivity index (χ4n) is 10.3. The maximum absolute atomic E-state index is 17.4. The van der Waals surface area contributed by atoms with Gasteiger partial charge in [-0.2, -0.15) is 23.1 Å². The van der Waals surface area contributed by atoms with E-state index in [9.17, 15) is 18.0 Å². The van der Waals surface area contributed by atoms with Crippen LogP contribution in [0.1, 0.15) is 77.0 Å². The lowest BCUT2D eigenvalue weighted by atomic mass is 9.95. The fraction of sp³-hybridized carbons (Fsp3) is 0.535. The van der Waals surface area contributed by atoms with Crippen LogP contribution in [0, 0.1) is 24.0 Å². The summed E-state index contributed by atoms with van der Waals surface area (Å²) in [6, 6.07) is 7.29. The number of hydrogen-bond donors (Lipinski definition) is 0. The van der Waals surface area contributed by atoms with Crippen LogP contribution in [0.25, 0.3) is 32.9 Å². The summed E-state index contributed by atoms with van der Waals surface area (Å²) in [5.41, 5.74) is -0.275. The number of pyridine rings is 1. The van der Waals surface area contributed by atoms with Crippen molar-refractivity contribution in [3.63, 3.8) is 0 Å². The molecule has 9 rings (SSSR count). The highest BCUT2D eigenvalue weighted by atomic mass is 19.4. The Morgan fingerprint density at radius 1 is 1.00 bits per heavy atom. The lowest BCUT2D eigenvalue weighted by Gasteiger charge is -2.47. The topological polar surface area (TPSA) is 93.2 Å². The van der Waals surface area contributed by atoms with Gasteiger partial charge in [-0.1, -0.05) is 30.2 Å². The number of aryl methyl sites for hydroxylation is 1. The molecule has 2 aromatic heterocycles. The van der Waals surface area contributed by atoms with E-state index in [1.54, 1.807) is 24.3 Å². The van der Waals surface area contributed by atoms with Gasteiger partial charge in [0.2, 0.25) is 0 Å². The van der Waals surface area contributed by atoms with Gasteiger partial charge in [-0.3, -0.25) is 9.80 Å². The van der Waals surface area contributed by atoms with Crippen molar-refractivity contribution in [2.75, 3.05) is 37.8 Å². The molecule has 0 N–H and O–H groups in total. The number of anilines is 1. The number of benzene rings is 2. The van der Waals surface area contributed by atoms with E-state index in [0.29, 0.717) is 72.0 Å². The monoisotopic (exact) mass is 804 g/mol. The first-order valence-electron chi connectivity index (χ1n) is 20.0. The van der Waals surface area contributed by atoms with E-state index in [4.69, 9.17) is 35.6 Å². The zero-order valence-corrected chi connectivity index (χ0v) is 32.7. The third-order valence-corrected chi connectivity index (χ3v) is 12.6. The molecule has 0 saturated carbocycles. The highest BCUT2D eigenvalue weighted by Crippen LogP contribution is 2.47. The largest absolute Gasteiger partial charge is 0.461 e. The van der Waals surface area contributed by atoms with Gasteiger partial charge in [0.15, 0.2) is 5.82 Å². The Bertz CT molecular complexity index is 2350. The minimum absolute atomic E-state index is 0.00194. The summed E-state index contributed by atoms with van der Waals surface area (Å²) in [7, 11) is 0. The fourth-order valence-corrected chi connectivity index (χ4v) is 10.3. The number of hydrogen-bond acceptors (Lipinski definition) is 9. The van der Waals surface area contributed by atoms with Crippen LogP contribution in [0.2, 0.25) is 0 Å². The van der Waals surface area contributed by atoms with Crippen molar-refractivity contribution in [3.05, 3.63) is 53.2 Å². The molecular formula is C43H45F5N6O4. The lowest BCUT2D eigenvalue weighted by Crippen LogP contribution is -2.62. The van der Waals surface area contributed by atoms with E-state index >= 15 is 8.78 Å². The summed E-state index contributed by atoms with van der Waals surface area (Å²) in [6.07, 6.45) is 6.51. The van der Waals surface area contributed by atoms with Gasteiger partial charge < -0.3 is 19.1 Å². The second kappa shape index (κ2) is 14.2. The summed E-state index contributed by atoms with van der Waals surface area (Å²) in [6.45, 7) is 5.46. The van der Waals surface area contributed by atoms with Crippen molar-refractivity contribution >= 4 is 33.6 Å². The first-order chi connectivity index (χ1) is 27.6. The van der Waals surface area contributed by atoms with E-state index < -0.39 is 35.6 Å². The highest BCUT2D eigenvalue weighted by molar-refractivity contribution is 6.03. The Labute approximate surface area is 333 Å². The summed E-state index contributed by atoms with van der Waals surface area (Å²) >= 11 is 0. The van der Waals surface area contributed by atoms with Crippen LogP contribution in [0.15, 0.2) is 30.3 Å². The number of ether oxygens (including phenoxy) is 3. The van der Waals surface area contributed by atoms with Crippen molar-refractivity contribution in [3.8, 4) is 29.6 Å². The van der Waals surface area contributed by atoms with Crippen LogP contribution < -0.4 is 9.64 Å². The van der Waals surface area contributed by atoms with Gasteiger partial charge in [0.05, 0.1) is 46.9 Å². The van der Waals surface area contributed by atoms with Crippen LogP contribution in [-0.4, -0.2) is 105 Å². The summed E-state index contributed by atoms with van der Waals surface area (Å²) in [5, 5.41) is 1.44. The zero-order valence-electron chi connectivity index (χ0n) is 32.7. The third-order valence-electron chi connectivity index (χ3n) is 12.6. The SMILES string of the molecule is C#Cc1c(F)ccc2cccc(-c3nc4c5c(nc(OC[C@@]67CCCN6[C@H](COCC(F)(F)F)CC7)nc5c3F)N3C[C@H]5CC[C@@H]([C@H]3CC4)N5C(=O)OC(C)(C)C)c12. The van der Waals surface area contributed by atoms with Crippen LogP contribution >= 0.6 is 0 Å². The van der Waals surface area contributed by atoms with Gasteiger partial charge in [0, 0.05) is 23.5 Å². The molecule has 0 radical (unpaired) electrons. The van der Waals surface area contributed by atoms with Gasteiger partial charge in [0.25, 0.3) is 0 Å². The van der Waals surface area contributed by atoms with Gasteiger partial charge in [-0.05, 0) is 90.1 Å². The molecule has 5 aliphatic heterocycles. The van der Waals surface area contributed by atoms with Gasteiger partial charge >= 0.3 is 18.3 Å². The predicted octanol–water partition coefficient (Wildman–Crippen LogP) is 7.96. The maximum atomic E-state index is 17.4. The average molecular weight is 805 g/mol. The van der Waals surface area contributed by atoms with Crippen molar-refractivity contribution in [1.29, 1.82) is 0 Å². The Morgan fingerprint density at radius 2 is 1.83 bits per heavy atom. The molecule has 1 amide bonds. The molecule has 2 bridgehead atoms. The van der Waals surface area contributed by atoms with E-state index in [-0.39, 0.29) is 66.3 Å². The minimum atomic E-state index is -4.41. The second-order valence-corrected chi connectivity index (χ2v) is 17.3. The number of terminal acetylenes is 1. The molecule has 58 heavy (non-hydrogen) atoms. The molecule has 0 unspecified atom stereocenters. The quantitative estimate of drug-likeness (QED) is 0.136. The number of nitrogens with zero attached hydrogens (tertiary/aromatic N) is 6. The normalized spacial score (nSPS) is 25.5. The van der Waals surface area contributed by atoms with Crippen molar-refractivity contribution < 1.29 is 41.0 Å². The first-order valence-corrected chi connectivity index (χ1v) is 20.0. The Morgan fingerprint density at radius 3 is 2.60 bits per heavy atom. The smallest absolute Gasteiger partial charge is 0.411 e. The molecule has 5 atom stereocenters.